The standard InChI is InChI=1S/C17H27N6O8P/c1-9(2)14(16(25)28-4)21-32(27,29-5)30-8-12-11(20-22-18)6-13(31-12)23-7-10(3)15(24)19-17(23)26/h7,9,11-14H,6,8H2,1-5H3,(H,21,27)(H,19,24,26)/t11-,12+,13+,14?,32?/m0/s1. The van der Waals surface area contributed by atoms with E-state index in [1.165, 1.54) is 24.8 Å². The van der Waals surface area contributed by atoms with Gasteiger partial charge in [0.05, 0.1) is 25.9 Å². The number of carbonyl (C=O) groups excluding carboxylic acids is 1. The van der Waals surface area contributed by atoms with Gasteiger partial charge >= 0.3 is 19.4 Å². The molecule has 1 aromatic heterocycles. The van der Waals surface area contributed by atoms with Crippen molar-refractivity contribution in [3.8, 4) is 0 Å². The largest absolute Gasteiger partial charge is 0.468 e. The number of ether oxygens (including phenoxy) is 2. The van der Waals surface area contributed by atoms with Crippen LogP contribution in [0.25, 0.3) is 10.4 Å². The van der Waals surface area contributed by atoms with Crippen LogP contribution in [0.1, 0.15) is 32.1 Å². The smallest absolute Gasteiger partial charge is 0.406 e. The first kappa shape index (κ1) is 25.8. The summed E-state index contributed by atoms with van der Waals surface area (Å²) >= 11 is 0. The minimum atomic E-state index is -3.97. The lowest BCUT2D eigenvalue weighted by Gasteiger charge is -2.26. The van der Waals surface area contributed by atoms with Crippen LogP contribution in [0.2, 0.25) is 0 Å². The van der Waals surface area contributed by atoms with Crippen LogP contribution in [0.4, 0.5) is 0 Å². The molecule has 0 aliphatic carbocycles. The number of nitrogens with one attached hydrogen (secondary N) is 2. The van der Waals surface area contributed by atoms with Crippen molar-refractivity contribution in [1.82, 2.24) is 14.6 Å². The fourth-order valence-corrected chi connectivity index (χ4v) is 4.48. The number of aromatic amines is 1. The summed E-state index contributed by atoms with van der Waals surface area (Å²) in [4.78, 5) is 40.7. The fourth-order valence-electron chi connectivity index (χ4n) is 3.11. The van der Waals surface area contributed by atoms with Gasteiger partial charge < -0.3 is 14.0 Å². The molecule has 1 fully saturated rings. The zero-order valence-corrected chi connectivity index (χ0v) is 19.3. The molecule has 0 aromatic carbocycles. The second-order valence-electron chi connectivity index (χ2n) is 7.47. The van der Waals surface area contributed by atoms with Gasteiger partial charge in [-0.3, -0.25) is 23.7 Å². The van der Waals surface area contributed by atoms with Crippen molar-refractivity contribution in [3.63, 3.8) is 0 Å². The second-order valence-corrected chi connectivity index (χ2v) is 9.34. The number of hydrogen-bond acceptors (Lipinski definition) is 9. The summed E-state index contributed by atoms with van der Waals surface area (Å²) in [6, 6.07) is -1.71. The molecule has 1 aromatic rings. The Labute approximate surface area is 183 Å². The molecule has 2 rings (SSSR count). The maximum atomic E-state index is 13.0. The third-order valence-electron chi connectivity index (χ3n) is 4.93. The minimum absolute atomic E-state index is 0.116. The van der Waals surface area contributed by atoms with E-state index in [4.69, 9.17) is 24.1 Å². The Hall–Kier alpha value is -2.47. The molecular weight excluding hydrogens is 447 g/mol. The highest BCUT2D eigenvalue weighted by Gasteiger charge is 2.40. The molecule has 14 nitrogen and oxygen atoms in total. The highest BCUT2D eigenvalue weighted by atomic mass is 31.2. The average Bonchev–Trinajstić information content (AvgIpc) is 3.15. The monoisotopic (exact) mass is 474 g/mol. The van der Waals surface area contributed by atoms with Crippen molar-refractivity contribution in [2.45, 2.75) is 51.6 Å². The number of aryl methyl sites for hydroxylation is 1. The fraction of sp³-hybridized carbons (Fsp3) is 0.706. The number of H-pyrrole nitrogens is 1. The molecule has 2 N–H and O–H groups in total. The van der Waals surface area contributed by atoms with Gasteiger partial charge in [-0.1, -0.05) is 19.0 Å². The van der Waals surface area contributed by atoms with E-state index in [1.54, 1.807) is 13.8 Å². The van der Waals surface area contributed by atoms with Gasteiger partial charge in [0.15, 0.2) is 0 Å². The summed E-state index contributed by atoms with van der Waals surface area (Å²) in [6.07, 6.45) is -0.273. The Morgan fingerprint density at radius 2 is 2.16 bits per heavy atom. The predicted octanol–water partition coefficient (Wildman–Crippen LogP) is 1.37. The topological polar surface area (TPSA) is 187 Å². The van der Waals surface area contributed by atoms with E-state index in [1.807, 2.05) is 0 Å². The zero-order chi connectivity index (χ0) is 24.1. The molecule has 15 heteroatoms. The van der Waals surface area contributed by atoms with Gasteiger partial charge in [0, 0.05) is 30.2 Å². The molecule has 5 atom stereocenters. The average molecular weight is 474 g/mol. The molecule has 178 valence electrons. The Balaban J connectivity index is 2.19. The summed E-state index contributed by atoms with van der Waals surface area (Å²) in [5, 5.41) is 6.22. The van der Waals surface area contributed by atoms with Crippen LogP contribution < -0.4 is 16.3 Å². The van der Waals surface area contributed by atoms with Crippen molar-refractivity contribution in [2.75, 3.05) is 20.8 Å². The molecule has 2 heterocycles. The molecule has 1 aliphatic rings. The van der Waals surface area contributed by atoms with Crippen LogP contribution in [0.5, 0.6) is 0 Å². The van der Waals surface area contributed by atoms with Crippen molar-refractivity contribution in [2.24, 2.45) is 11.0 Å². The van der Waals surface area contributed by atoms with Crippen LogP contribution in [-0.2, 0) is 27.9 Å². The van der Waals surface area contributed by atoms with E-state index in [9.17, 15) is 18.9 Å². The molecular formula is C17H27N6O8P. The van der Waals surface area contributed by atoms with Crippen LogP contribution in [0.15, 0.2) is 20.9 Å². The Kier molecular flexibility index (Phi) is 8.79. The Morgan fingerprint density at radius 3 is 2.72 bits per heavy atom. The van der Waals surface area contributed by atoms with E-state index < -0.39 is 49.4 Å². The van der Waals surface area contributed by atoms with E-state index in [0.29, 0.717) is 5.56 Å². The van der Waals surface area contributed by atoms with Gasteiger partial charge in [-0.05, 0) is 18.4 Å². The summed E-state index contributed by atoms with van der Waals surface area (Å²) in [5.74, 6) is -0.925. The number of esters is 1. The van der Waals surface area contributed by atoms with Crippen LogP contribution in [0.3, 0.4) is 0 Å². The number of nitrogens with zero attached hydrogens (tertiary/aromatic N) is 4. The lowest BCUT2D eigenvalue weighted by atomic mass is 10.1. The summed E-state index contributed by atoms with van der Waals surface area (Å²) in [5.41, 5.74) is 7.97. The van der Waals surface area contributed by atoms with Gasteiger partial charge in [-0.2, -0.15) is 0 Å². The molecule has 0 bridgehead atoms. The van der Waals surface area contributed by atoms with Crippen LogP contribution in [0, 0.1) is 12.8 Å². The van der Waals surface area contributed by atoms with Crippen molar-refractivity contribution in [1.29, 1.82) is 0 Å². The Bertz CT molecular complexity index is 1030. The molecule has 0 radical (unpaired) electrons. The number of carbonyl (C=O) groups is 1. The van der Waals surface area contributed by atoms with Gasteiger partial charge in [-0.15, -0.1) is 0 Å². The van der Waals surface area contributed by atoms with Crippen molar-refractivity contribution < 1.29 is 27.9 Å². The van der Waals surface area contributed by atoms with Crippen LogP contribution >= 0.6 is 7.75 Å². The SMILES string of the molecule is COC(=O)C(NP(=O)(OC)OC[C@H]1O[C@@H](n2cc(C)c(=O)[nH]c2=O)C[C@@H]1N=[N+]=[N-])C(C)C. The number of rotatable bonds is 10. The molecule has 2 unspecified atom stereocenters. The van der Waals surface area contributed by atoms with Gasteiger partial charge in [0.25, 0.3) is 5.56 Å². The summed E-state index contributed by atoms with van der Waals surface area (Å²) in [7, 11) is -1.62. The summed E-state index contributed by atoms with van der Waals surface area (Å²) in [6.45, 7) is 4.64. The van der Waals surface area contributed by atoms with Crippen LogP contribution in [-0.4, -0.2) is 54.5 Å². The first-order chi connectivity index (χ1) is 15.0. The van der Waals surface area contributed by atoms with Crippen molar-refractivity contribution >= 4 is 13.7 Å². The highest BCUT2D eigenvalue weighted by Crippen LogP contribution is 2.45. The van der Waals surface area contributed by atoms with E-state index >= 15 is 0 Å². The lowest BCUT2D eigenvalue weighted by molar-refractivity contribution is -0.143. The second kappa shape index (κ2) is 10.9. The van der Waals surface area contributed by atoms with E-state index in [0.717, 1.165) is 7.11 Å². The molecule has 32 heavy (non-hydrogen) atoms. The number of azide groups is 1. The number of aromatic nitrogens is 2. The first-order valence-electron chi connectivity index (χ1n) is 9.72. The third-order valence-corrected chi connectivity index (χ3v) is 6.49. The molecule has 1 saturated heterocycles. The normalized spacial score (nSPS) is 23.4. The lowest BCUT2D eigenvalue weighted by Crippen LogP contribution is -2.41. The van der Waals surface area contributed by atoms with Gasteiger partial charge in [0.2, 0.25) is 0 Å². The van der Waals surface area contributed by atoms with Crippen molar-refractivity contribution in [3.05, 3.63) is 43.0 Å². The predicted molar refractivity (Wildman–Crippen MR) is 112 cm³/mol. The minimum Gasteiger partial charge on any atom is -0.468 e. The molecule has 0 saturated carbocycles. The maximum absolute atomic E-state index is 13.0. The summed E-state index contributed by atoms with van der Waals surface area (Å²) < 4.78 is 35.1. The molecule has 0 amide bonds. The number of methoxy groups -OCH3 is 1. The van der Waals surface area contributed by atoms with E-state index in [2.05, 4.69) is 20.1 Å². The molecule has 1 aliphatic heterocycles. The van der Waals surface area contributed by atoms with E-state index in [-0.39, 0.29) is 18.9 Å². The quantitative estimate of drug-likeness (QED) is 0.166. The van der Waals surface area contributed by atoms with Gasteiger partial charge in [-0.25, -0.2) is 14.4 Å². The molecule has 0 spiro atoms. The third kappa shape index (κ3) is 6.06. The highest BCUT2D eigenvalue weighted by molar-refractivity contribution is 7.51. The van der Waals surface area contributed by atoms with Gasteiger partial charge in [0.1, 0.15) is 12.3 Å². The zero-order valence-electron chi connectivity index (χ0n) is 18.4. The number of hydrogen-bond donors (Lipinski definition) is 2. The first-order valence-corrected chi connectivity index (χ1v) is 11.3. The maximum Gasteiger partial charge on any atom is 0.406 e. The Morgan fingerprint density at radius 1 is 1.47 bits per heavy atom.